The highest BCUT2D eigenvalue weighted by Crippen LogP contribution is 2.38. The van der Waals surface area contributed by atoms with Gasteiger partial charge in [0.2, 0.25) is 5.91 Å². The molecule has 46 heavy (non-hydrogen) atoms. The molecule has 9 heteroatoms. The first-order valence-corrected chi connectivity index (χ1v) is 16.7. The number of carbonyl (C=O) groups is 1. The van der Waals surface area contributed by atoms with Gasteiger partial charge in [0.25, 0.3) is 0 Å². The average Bonchev–Trinajstić information content (AvgIpc) is 3.63. The number of carbonyl (C=O) groups excluding carboxylic acids is 1. The van der Waals surface area contributed by atoms with E-state index in [1.165, 1.54) is 12.1 Å². The highest BCUT2D eigenvalue weighted by atomic mass is 19.1. The number of para-hydroxylation sites is 1. The Morgan fingerprint density at radius 3 is 2.35 bits per heavy atom. The molecule has 1 unspecified atom stereocenters. The molecule has 2 aliphatic rings. The third kappa shape index (κ3) is 7.28. The number of rotatable bonds is 11. The van der Waals surface area contributed by atoms with E-state index in [1.807, 2.05) is 18.2 Å². The molecule has 5 rings (SSSR count). The maximum atomic E-state index is 13.8. The topological polar surface area (TPSA) is 84.5 Å². The molecule has 3 heterocycles. The Balaban J connectivity index is 1.30. The third-order valence-corrected chi connectivity index (χ3v) is 9.32. The predicted molar refractivity (Wildman–Crippen MR) is 184 cm³/mol. The van der Waals surface area contributed by atoms with Crippen molar-refractivity contribution in [2.75, 3.05) is 32.7 Å². The Morgan fingerprint density at radius 2 is 1.67 bits per heavy atom. The molecule has 0 saturated carbocycles. The highest BCUT2D eigenvalue weighted by Gasteiger charge is 2.38. The first-order chi connectivity index (χ1) is 22.0. The fourth-order valence-corrected chi connectivity index (χ4v) is 7.02. The molecule has 0 bridgehead atoms. The largest absolute Gasteiger partial charge is 0.392 e. The van der Waals surface area contributed by atoms with Crippen LogP contribution in [0.2, 0.25) is 0 Å². The van der Waals surface area contributed by atoms with Crippen LogP contribution >= 0.6 is 0 Å². The normalized spacial score (nSPS) is 19.7. The first-order valence-electron chi connectivity index (χ1n) is 16.7. The summed E-state index contributed by atoms with van der Waals surface area (Å²) in [6.07, 6.45) is 1.52. The highest BCUT2D eigenvalue weighted by molar-refractivity contribution is 6.03. The molecule has 1 saturated heterocycles. The lowest BCUT2D eigenvalue weighted by Gasteiger charge is -2.46. The standard InChI is InChI=1S/C37H50FN5O3/c1-24(2)40-19-20-41(25(3)4)34(23-40)37-39-17-18-42(37)35(46)22-30(45)21-29(44)15-16-33-36(27-11-13-28(38)14-12-27)31-9-7-8-10-32(31)43(33)26(5)6/h7-16,24-26,29-30,34,44-45H,17-23H2,1-6H3/t29-,30-,34?/m0/s1. The molecular weight excluding hydrogens is 581 g/mol. The van der Waals surface area contributed by atoms with Crippen molar-refractivity contribution in [1.82, 2.24) is 19.3 Å². The Morgan fingerprint density at radius 1 is 0.957 bits per heavy atom. The van der Waals surface area contributed by atoms with Gasteiger partial charge < -0.3 is 14.8 Å². The summed E-state index contributed by atoms with van der Waals surface area (Å²) in [5, 5.41) is 23.0. The summed E-state index contributed by atoms with van der Waals surface area (Å²) < 4.78 is 16.0. The molecule has 1 aromatic heterocycles. The Hall–Kier alpha value is -3.37. The fraction of sp³-hybridized carbons (Fsp3) is 0.514. The number of aliphatic imine (C=N–C) groups is 1. The summed E-state index contributed by atoms with van der Waals surface area (Å²) in [4.78, 5) is 24.9. The smallest absolute Gasteiger partial charge is 0.230 e. The lowest BCUT2D eigenvalue weighted by atomic mass is 10.0. The monoisotopic (exact) mass is 631 g/mol. The minimum Gasteiger partial charge on any atom is -0.392 e. The van der Waals surface area contributed by atoms with Crippen molar-refractivity contribution in [3.05, 3.63) is 66.1 Å². The van der Waals surface area contributed by atoms with Crippen molar-refractivity contribution in [2.45, 2.75) is 90.8 Å². The molecule has 2 aliphatic heterocycles. The lowest BCUT2D eigenvalue weighted by molar-refractivity contribution is -0.129. The number of amidine groups is 1. The summed E-state index contributed by atoms with van der Waals surface area (Å²) in [6.45, 7) is 16.8. The average molecular weight is 632 g/mol. The molecule has 0 spiro atoms. The van der Waals surface area contributed by atoms with Crippen LogP contribution in [0.4, 0.5) is 4.39 Å². The Kier molecular flexibility index (Phi) is 10.8. The van der Waals surface area contributed by atoms with Crippen LogP contribution in [0.1, 0.15) is 66.1 Å². The van der Waals surface area contributed by atoms with Gasteiger partial charge in [-0.2, -0.15) is 0 Å². The van der Waals surface area contributed by atoms with Gasteiger partial charge in [-0.3, -0.25) is 24.5 Å². The van der Waals surface area contributed by atoms with Gasteiger partial charge in [-0.15, -0.1) is 0 Å². The van der Waals surface area contributed by atoms with Crippen LogP contribution < -0.4 is 0 Å². The number of piperazine rings is 1. The van der Waals surface area contributed by atoms with Gasteiger partial charge in [0, 0.05) is 72.9 Å². The molecule has 0 aliphatic carbocycles. The summed E-state index contributed by atoms with van der Waals surface area (Å²) in [7, 11) is 0. The summed E-state index contributed by atoms with van der Waals surface area (Å²) in [5.41, 5.74) is 3.78. The number of aliphatic hydroxyl groups excluding tert-OH is 2. The number of aromatic nitrogens is 1. The van der Waals surface area contributed by atoms with Crippen molar-refractivity contribution in [3.8, 4) is 11.1 Å². The van der Waals surface area contributed by atoms with Gasteiger partial charge in [-0.1, -0.05) is 36.4 Å². The van der Waals surface area contributed by atoms with Gasteiger partial charge >= 0.3 is 0 Å². The van der Waals surface area contributed by atoms with Crippen molar-refractivity contribution in [3.63, 3.8) is 0 Å². The maximum absolute atomic E-state index is 13.8. The molecule has 3 aromatic rings. The zero-order valence-electron chi connectivity index (χ0n) is 28.1. The second kappa shape index (κ2) is 14.6. The van der Waals surface area contributed by atoms with Crippen molar-refractivity contribution < 1.29 is 19.4 Å². The van der Waals surface area contributed by atoms with E-state index in [0.29, 0.717) is 25.2 Å². The number of fused-ring (bicyclic) bond motifs is 1. The van der Waals surface area contributed by atoms with Crippen LogP contribution in [0.3, 0.4) is 0 Å². The first kappa shape index (κ1) is 34.0. The van der Waals surface area contributed by atoms with Crippen LogP contribution in [0.5, 0.6) is 0 Å². The fourth-order valence-electron chi connectivity index (χ4n) is 7.02. The van der Waals surface area contributed by atoms with Crippen molar-refractivity contribution >= 4 is 28.7 Å². The zero-order valence-corrected chi connectivity index (χ0v) is 28.1. The number of halogens is 1. The molecular formula is C37H50FN5O3. The second-order valence-electron chi connectivity index (χ2n) is 13.5. The van der Waals surface area contributed by atoms with Gasteiger partial charge in [0.05, 0.1) is 31.2 Å². The number of amides is 1. The molecule has 2 N–H and O–H groups in total. The number of hydrogen-bond acceptors (Lipinski definition) is 6. The molecule has 1 amide bonds. The second-order valence-corrected chi connectivity index (χ2v) is 13.5. The lowest BCUT2D eigenvalue weighted by Crippen LogP contribution is -2.62. The summed E-state index contributed by atoms with van der Waals surface area (Å²) in [6, 6.07) is 15.4. The number of nitrogens with zero attached hydrogens (tertiary/aromatic N) is 5. The number of hydrogen-bond donors (Lipinski definition) is 2. The Labute approximate surface area is 272 Å². The molecule has 0 radical (unpaired) electrons. The van der Waals surface area contributed by atoms with Crippen LogP contribution in [-0.2, 0) is 4.79 Å². The summed E-state index contributed by atoms with van der Waals surface area (Å²) in [5.74, 6) is 0.337. The third-order valence-electron chi connectivity index (χ3n) is 9.32. The van der Waals surface area contributed by atoms with Gasteiger partial charge in [-0.05, 0) is 71.4 Å². The number of benzene rings is 2. The van der Waals surface area contributed by atoms with E-state index < -0.39 is 12.2 Å². The van der Waals surface area contributed by atoms with Crippen molar-refractivity contribution in [2.24, 2.45) is 4.99 Å². The molecule has 8 nitrogen and oxygen atoms in total. The van der Waals surface area contributed by atoms with Gasteiger partial charge in [-0.25, -0.2) is 4.39 Å². The zero-order chi connectivity index (χ0) is 33.1. The van der Waals surface area contributed by atoms with Gasteiger partial charge in [0.15, 0.2) is 0 Å². The van der Waals surface area contributed by atoms with E-state index in [0.717, 1.165) is 53.2 Å². The summed E-state index contributed by atoms with van der Waals surface area (Å²) >= 11 is 0. The van der Waals surface area contributed by atoms with E-state index in [9.17, 15) is 19.4 Å². The van der Waals surface area contributed by atoms with E-state index in [4.69, 9.17) is 4.99 Å². The minimum absolute atomic E-state index is 0.0243. The van der Waals surface area contributed by atoms with Crippen LogP contribution in [0, 0.1) is 5.82 Å². The molecule has 248 valence electrons. The van der Waals surface area contributed by atoms with Gasteiger partial charge in [0.1, 0.15) is 11.7 Å². The van der Waals surface area contributed by atoms with Crippen LogP contribution in [0.25, 0.3) is 28.1 Å². The Bertz CT molecular complexity index is 1560. The number of aliphatic hydroxyl groups is 2. The van der Waals surface area contributed by atoms with Crippen LogP contribution in [0.15, 0.2) is 59.6 Å². The van der Waals surface area contributed by atoms with E-state index in [2.05, 4.69) is 68.0 Å². The molecule has 2 aromatic carbocycles. The predicted octanol–water partition coefficient (Wildman–Crippen LogP) is 5.59. The van der Waals surface area contributed by atoms with E-state index in [-0.39, 0.29) is 36.6 Å². The maximum Gasteiger partial charge on any atom is 0.230 e. The van der Waals surface area contributed by atoms with Crippen LogP contribution in [-0.4, -0.2) is 104 Å². The van der Waals surface area contributed by atoms with E-state index in [1.54, 1.807) is 23.1 Å². The molecule has 3 atom stereocenters. The van der Waals surface area contributed by atoms with Crippen molar-refractivity contribution in [1.29, 1.82) is 0 Å². The quantitative estimate of drug-likeness (QED) is 0.289. The molecule has 1 fully saturated rings. The van der Waals surface area contributed by atoms with E-state index >= 15 is 0 Å². The minimum atomic E-state index is -1.01. The SMILES string of the molecule is CC(C)N1CCN(C(C)C)C(C2=NCCN2C(=O)C[C@@H](O)C[C@@H](O)C=Cc2c(-c3ccc(F)cc3)c3ccccc3n2C(C)C)C1.